The lowest BCUT2D eigenvalue weighted by Gasteiger charge is -2.32. The maximum Gasteiger partial charge on any atom is 0.0575 e. The summed E-state index contributed by atoms with van der Waals surface area (Å²) in [4.78, 5) is 4.95. The zero-order valence-corrected chi connectivity index (χ0v) is 33.4. The Bertz CT molecular complexity index is 3030. The van der Waals surface area contributed by atoms with E-state index in [2.05, 4.69) is 219 Å². The summed E-state index contributed by atoms with van der Waals surface area (Å²) < 4.78 is 2.54. The molecular formula is C54H42N2S. The highest BCUT2D eigenvalue weighted by Crippen LogP contribution is 2.54. The summed E-state index contributed by atoms with van der Waals surface area (Å²) in [6.07, 6.45) is 0. The molecule has 0 aliphatic heterocycles. The van der Waals surface area contributed by atoms with E-state index in [9.17, 15) is 0 Å². The molecule has 1 heterocycles. The number of benzene rings is 8. The molecule has 1 aromatic heterocycles. The van der Waals surface area contributed by atoms with Crippen molar-refractivity contribution in [2.24, 2.45) is 0 Å². The van der Waals surface area contributed by atoms with E-state index in [4.69, 9.17) is 0 Å². The van der Waals surface area contributed by atoms with Crippen molar-refractivity contribution in [3.63, 3.8) is 0 Å². The highest BCUT2D eigenvalue weighted by molar-refractivity contribution is 7.26. The van der Waals surface area contributed by atoms with Crippen molar-refractivity contribution in [1.29, 1.82) is 0 Å². The first-order chi connectivity index (χ1) is 27.8. The molecule has 274 valence electrons. The normalized spacial score (nSPS) is 14.2. The van der Waals surface area contributed by atoms with E-state index in [1.54, 1.807) is 0 Å². The van der Waals surface area contributed by atoms with Crippen LogP contribution in [0.2, 0.25) is 0 Å². The van der Waals surface area contributed by atoms with Gasteiger partial charge in [0.25, 0.3) is 0 Å². The van der Waals surface area contributed by atoms with Crippen LogP contribution in [-0.4, -0.2) is 0 Å². The van der Waals surface area contributed by atoms with Crippen molar-refractivity contribution in [1.82, 2.24) is 0 Å². The van der Waals surface area contributed by atoms with E-state index >= 15 is 0 Å². The number of hydrogen-bond donors (Lipinski definition) is 0. The van der Waals surface area contributed by atoms with Crippen molar-refractivity contribution >= 4 is 65.6 Å². The topological polar surface area (TPSA) is 6.48 Å². The van der Waals surface area contributed by atoms with Crippen LogP contribution in [-0.2, 0) is 10.8 Å². The van der Waals surface area contributed by atoms with E-state index < -0.39 is 0 Å². The van der Waals surface area contributed by atoms with Gasteiger partial charge in [0.05, 0.1) is 5.69 Å². The fraction of sp³-hybridized carbons (Fsp3) is 0.111. The van der Waals surface area contributed by atoms with Gasteiger partial charge in [-0.05, 0) is 111 Å². The van der Waals surface area contributed by atoms with Crippen LogP contribution in [0.1, 0.15) is 49.9 Å². The lowest BCUT2D eigenvalue weighted by atomic mass is 9.82. The molecule has 8 aromatic carbocycles. The van der Waals surface area contributed by atoms with Gasteiger partial charge >= 0.3 is 0 Å². The highest BCUT2D eigenvalue weighted by atomic mass is 32.1. The van der Waals surface area contributed by atoms with Crippen LogP contribution in [0.5, 0.6) is 0 Å². The first-order valence-electron chi connectivity index (χ1n) is 19.9. The molecule has 0 fully saturated rings. The summed E-state index contributed by atoms with van der Waals surface area (Å²) in [6, 6.07) is 67.5. The maximum absolute atomic E-state index is 2.50. The Kier molecular flexibility index (Phi) is 7.46. The first-order valence-corrected chi connectivity index (χ1v) is 20.8. The Morgan fingerprint density at radius 2 is 0.825 bits per heavy atom. The van der Waals surface area contributed by atoms with Crippen LogP contribution < -0.4 is 9.80 Å². The molecule has 0 spiro atoms. The van der Waals surface area contributed by atoms with Crippen LogP contribution in [0.4, 0.5) is 34.1 Å². The van der Waals surface area contributed by atoms with E-state index in [1.807, 2.05) is 11.3 Å². The Morgan fingerprint density at radius 3 is 1.42 bits per heavy atom. The quantitative estimate of drug-likeness (QED) is 0.167. The maximum atomic E-state index is 2.50. The smallest absolute Gasteiger partial charge is 0.0575 e. The van der Waals surface area contributed by atoms with Crippen molar-refractivity contribution < 1.29 is 0 Å². The summed E-state index contributed by atoms with van der Waals surface area (Å²) in [5.74, 6) is 0. The minimum absolute atomic E-state index is 0.115. The number of anilines is 6. The average Bonchev–Trinajstić information content (AvgIpc) is 3.81. The van der Waals surface area contributed by atoms with Gasteiger partial charge in [0, 0.05) is 59.4 Å². The van der Waals surface area contributed by atoms with Gasteiger partial charge in [-0.15, -0.1) is 11.3 Å². The molecule has 0 saturated carbocycles. The van der Waals surface area contributed by atoms with Gasteiger partial charge in [-0.3, -0.25) is 0 Å². The zero-order valence-electron chi connectivity index (χ0n) is 32.6. The monoisotopic (exact) mass is 750 g/mol. The third-order valence-electron chi connectivity index (χ3n) is 12.6. The van der Waals surface area contributed by atoms with Gasteiger partial charge in [-0.25, -0.2) is 0 Å². The minimum Gasteiger partial charge on any atom is -0.310 e. The van der Waals surface area contributed by atoms with Crippen LogP contribution in [0.25, 0.3) is 42.4 Å². The largest absolute Gasteiger partial charge is 0.310 e. The lowest BCUT2D eigenvalue weighted by Crippen LogP contribution is -2.17. The molecule has 0 N–H and O–H groups in total. The Morgan fingerprint density at radius 1 is 0.351 bits per heavy atom. The second-order valence-corrected chi connectivity index (χ2v) is 17.7. The van der Waals surface area contributed by atoms with Crippen molar-refractivity contribution in [3.05, 3.63) is 204 Å². The van der Waals surface area contributed by atoms with E-state index in [0.29, 0.717) is 0 Å². The summed E-state index contributed by atoms with van der Waals surface area (Å²) in [5, 5.41) is 2.54. The minimum atomic E-state index is -0.123. The van der Waals surface area contributed by atoms with Crippen molar-refractivity contribution in [2.75, 3.05) is 9.80 Å². The molecule has 0 radical (unpaired) electrons. The molecule has 0 bridgehead atoms. The van der Waals surface area contributed by atoms with Crippen LogP contribution in [0.15, 0.2) is 182 Å². The number of para-hydroxylation sites is 2. The van der Waals surface area contributed by atoms with Crippen LogP contribution in [0, 0.1) is 0 Å². The molecule has 57 heavy (non-hydrogen) atoms. The molecule has 0 unspecified atom stereocenters. The van der Waals surface area contributed by atoms with Crippen LogP contribution in [0.3, 0.4) is 0 Å². The number of thiophene rings is 1. The zero-order chi connectivity index (χ0) is 38.5. The number of fused-ring (bicyclic) bond motifs is 9. The molecular weight excluding hydrogens is 709 g/mol. The molecule has 11 rings (SSSR count). The van der Waals surface area contributed by atoms with Gasteiger partial charge in [-0.1, -0.05) is 143 Å². The first kappa shape index (κ1) is 33.9. The lowest BCUT2D eigenvalue weighted by molar-refractivity contribution is 0.660. The van der Waals surface area contributed by atoms with Gasteiger partial charge in [0.2, 0.25) is 0 Å². The number of nitrogens with zero attached hydrogens (tertiary/aromatic N) is 2. The third kappa shape index (κ3) is 5.08. The standard InChI is InChI=1S/C54H42N2S/c1-53(2)45-24-14-11-21-40(45)42-29-27-37(31-47(42)53)55(35-17-7-5-8-18-35)39-33-49(52-44-23-13-16-26-50(44)57-51(52)34-39)56(36-19-9-6-10-20-36)38-28-30-43-41-22-12-15-25-46(41)54(3,4)48(43)32-38/h5-34H,1-4H3. The molecule has 2 aliphatic carbocycles. The molecule has 2 aliphatic rings. The Hall–Kier alpha value is -6.42. The average molecular weight is 751 g/mol. The Labute approximate surface area is 338 Å². The predicted molar refractivity (Wildman–Crippen MR) is 244 cm³/mol. The summed E-state index contributed by atoms with van der Waals surface area (Å²) in [7, 11) is 0. The molecule has 0 atom stereocenters. The van der Waals surface area contributed by atoms with Crippen molar-refractivity contribution in [2.45, 2.75) is 38.5 Å². The fourth-order valence-electron chi connectivity index (χ4n) is 9.82. The second-order valence-electron chi connectivity index (χ2n) is 16.6. The predicted octanol–water partition coefficient (Wildman–Crippen LogP) is 15.6. The van der Waals surface area contributed by atoms with Gasteiger partial charge < -0.3 is 9.80 Å². The molecule has 0 amide bonds. The summed E-state index contributed by atoms with van der Waals surface area (Å²) in [5.41, 5.74) is 17.4. The summed E-state index contributed by atoms with van der Waals surface area (Å²) in [6.45, 7) is 9.47. The van der Waals surface area contributed by atoms with E-state index in [0.717, 1.165) is 34.1 Å². The molecule has 3 heteroatoms. The Balaban J connectivity index is 1.17. The number of hydrogen-bond acceptors (Lipinski definition) is 3. The second kappa shape index (κ2) is 12.5. The van der Waals surface area contributed by atoms with E-state index in [1.165, 1.54) is 64.7 Å². The number of rotatable bonds is 6. The molecule has 2 nitrogen and oxygen atoms in total. The van der Waals surface area contributed by atoms with E-state index in [-0.39, 0.29) is 10.8 Å². The van der Waals surface area contributed by atoms with Gasteiger partial charge in [-0.2, -0.15) is 0 Å². The van der Waals surface area contributed by atoms with Crippen molar-refractivity contribution in [3.8, 4) is 22.3 Å². The SMILES string of the molecule is CC1(C)c2ccccc2-c2ccc(N(c3ccccc3)c3cc(N(c4ccccc4)c4ccc5c(c4)C(C)(C)c4ccccc4-5)c4c(c3)sc3ccccc34)cc21. The van der Waals surface area contributed by atoms with Gasteiger partial charge in [0.1, 0.15) is 0 Å². The van der Waals surface area contributed by atoms with Crippen LogP contribution >= 0.6 is 11.3 Å². The summed E-state index contributed by atoms with van der Waals surface area (Å²) >= 11 is 1.88. The van der Waals surface area contributed by atoms with Gasteiger partial charge in [0.15, 0.2) is 0 Å². The fourth-order valence-corrected chi connectivity index (χ4v) is 11.0. The highest BCUT2D eigenvalue weighted by Gasteiger charge is 2.37. The third-order valence-corrected chi connectivity index (χ3v) is 13.7. The molecule has 0 saturated heterocycles. The molecule has 9 aromatic rings.